The van der Waals surface area contributed by atoms with E-state index in [0.29, 0.717) is 5.92 Å². The highest BCUT2D eigenvalue weighted by atomic mass is 32.1. The summed E-state index contributed by atoms with van der Waals surface area (Å²) in [6, 6.07) is 0. The van der Waals surface area contributed by atoms with E-state index >= 15 is 0 Å². The molecule has 2 heterocycles. The lowest BCUT2D eigenvalue weighted by atomic mass is 10.1. The van der Waals surface area contributed by atoms with Crippen molar-refractivity contribution < 1.29 is 0 Å². The fraction of sp³-hybridized carbons (Fsp3) is 0.538. The molecule has 1 N–H and O–H groups in total. The van der Waals surface area contributed by atoms with E-state index in [1.807, 2.05) is 23.3 Å². The Morgan fingerprint density at radius 3 is 3.00 bits per heavy atom. The topological polar surface area (TPSA) is 42.7 Å². The van der Waals surface area contributed by atoms with Crippen LogP contribution < -0.4 is 5.32 Å². The van der Waals surface area contributed by atoms with Crippen LogP contribution in [0.3, 0.4) is 0 Å². The Kier molecular flexibility index (Phi) is 4.49. The minimum atomic E-state index is 0.465. The molecule has 0 fully saturated rings. The average molecular weight is 264 g/mol. The molecule has 1 atom stereocenters. The SMILES string of the molecule is CCc1nn(C)cc1CNCC(C)c1nccs1. The monoisotopic (exact) mass is 264 g/mol. The molecule has 2 aromatic rings. The summed E-state index contributed by atoms with van der Waals surface area (Å²) in [4.78, 5) is 4.34. The molecule has 0 spiro atoms. The standard InChI is InChI=1S/C13H20N4S/c1-4-12-11(9-17(3)16-12)8-14-7-10(2)13-15-5-6-18-13/h5-6,9-10,14H,4,7-8H2,1-3H3. The normalized spacial score (nSPS) is 12.8. The van der Waals surface area contributed by atoms with Gasteiger partial charge in [0, 0.05) is 49.4 Å². The summed E-state index contributed by atoms with van der Waals surface area (Å²) >= 11 is 1.72. The molecule has 0 saturated heterocycles. The quantitative estimate of drug-likeness (QED) is 0.871. The third-order valence-electron chi connectivity index (χ3n) is 2.97. The molecule has 0 radical (unpaired) electrons. The summed E-state index contributed by atoms with van der Waals surface area (Å²) in [5.41, 5.74) is 2.48. The van der Waals surface area contributed by atoms with Crippen molar-refractivity contribution in [1.82, 2.24) is 20.1 Å². The van der Waals surface area contributed by atoms with E-state index in [1.54, 1.807) is 11.3 Å². The third-order valence-corrected chi connectivity index (χ3v) is 3.97. The molecule has 0 bridgehead atoms. The number of rotatable bonds is 6. The molecule has 2 rings (SSSR count). The number of aromatic nitrogens is 3. The molecule has 1 unspecified atom stereocenters. The van der Waals surface area contributed by atoms with Crippen molar-refractivity contribution in [1.29, 1.82) is 0 Å². The Labute approximate surface area is 112 Å². The van der Waals surface area contributed by atoms with Crippen LogP contribution in [0.4, 0.5) is 0 Å². The van der Waals surface area contributed by atoms with Gasteiger partial charge in [0.1, 0.15) is 0 Å². The molecule has 98 valence electrons. The Morgan fingerprint density at radius 1 is 1.50 bits per heavy atom. The fourth-order valence-corrected chi connectivity index (χ4v) is 2.72. The van der Waals surface area contributed by atoms with Gasteiger partial charge in [-0.05, 0) is 6.42 Å². The van der Waals surface area contributed by atoms with Gasteiger partial charge in [0.15, 0.2) is 0 Å². The van der Waals surface area contributed by atoms with Crippen molar-refractivity contribution >= 4 is 11.3 Å². The van der Waals surface area contributed by atoms with E-state index < -0.39 is 0 Å². The first kappa shape index (κ1) is 13.2. The van der Waals surface area contributed by atoms with Crippen molar-refractivity contribution in [2.45, 2.75) is 32.7 Å². The zero-order chi connectivity index (χ0) is 13.0. The van der Waals surface area contributed by atoms with Gasteiger partial charge in [-0.3, -0.25) is 4.68 Å². The molecule has 0 aliphatic heterocycles. The highest BCUT2D eigenvalue weighted by Gasteiger charge is 2.09. The van der Waals surface area contributed by atoms with Gasteiger partial charge >= 0.3 is 0 Å². The van der Waals surface area contributed by atoms with Crippen LogP contribution in [-0.2, 0) is 20.0 Å². The van der Waals surface area contributed by atoms with E-state index in [4.69, 9.17) is 0 Å². The summed E-state index contributed by atoms with van der Waals surface area (Å²) in [5.74, 6) is 0.465. The molecule has 5 heteroatoms. The first-order chi connectivity index (χ1) is 8.70. The highest BCUT2D eigenvalue weighted by Crippen LogP contribution is 2.16. The second-order valence-electron chi connectivity index (χ2n) is 4.53. The van der Waals surface area contributed by atoms with Crippen molar-refractivity contribution in [2.75, 3.05) is 6.54 Å². The van der Waals surface area contributed by atoms with Crippen molar-refractivity contribution in [3.63, 3.8) is 0 Å². The number of nitrogens with one attached hydrogen (secondary N) is 1. The molecule has 0 amide bonds. The molecular weight excluding hydrogens is 244 g/mol. The summed E-state index contributed by atoms with van der Waals surface area (Å²) in [5, 5.41) is 11.2. The average Bonchev–Trinajstić information content (AvgIpc) is 2.98. The minimum Gasteiger partial charge on any atom is -0.312 e. The number of aryl methyl sites for hydroxylation is 2. The molecule has 0 aliphatic carbocycles. The summed E-state index contributed by atoms with van der Waals surface area (Å²) in [7, 11) is 1.97. The van der Waals surface area contributed by atoms with Gasteiger partial charge in [0.05, 0.1) is 10.7 Å². The maximum Gasteiger partial charge on any atom is 0.0965 e. The lowest BCUT2D eigenvalue weighted by molar-refractivity contribution is 0.610. The van der Waals surface area contributed by atoms with Crippen LogP contribution >= 0.6 is 11.3 Å². The van der Waals surface area contributed by atoms with Crippen molar-refractivity contribution in [2.24, 2.45) is 7.05 Å². The molecule has 0 aliphatic rings. The number of hydrogen-bond donors (Lipinski definition) is 1. The molecule has 0 aromatic carbocycles. The molecule has 0 saturated carbocycles. The maximum absolute atomic E-state index is 4.44. The van der Waals surface area contributed by atoms with Crippen LogP contribution in [0.1, 0.15) is 36.0 Å². The second kappa shape index (κ2) is 6.11. The van der Waals surface area contributed by atoms with Crippen LogP contribution in [0.2, 0.25) is 0 Å². The van der Waals surface area contributed by atoms with E-state index in [-0.39, 0.29) is 0 Å². The zero-order valence-electron chi connectivity index (χ0n) is 11.2. The first-order valence-corrected chi connectivity index (χ1v) is 7.20. The van der Waals surface area contributed by atoms with Crippen molar-refractivity contribution in [3.8, 4) is 0 Å². The van der Waals surface area contributed by atoms with Crippen LogP contribution in [-0.4, -0.2) is 21.3 Å². The predicted molar refractivity (Wildman–Crippen MR) is 74.8 cm³/mol. The Morgan fingerprint density at radius 2 is 2.33 bits per heavy atom. The number of hydrogen-bond acceptors (Lipinski definition) is 4. The van der Waals surface area contributed by atoms with Gasteiger partial charge in [-0.15, -0.1) is 11.3 Å². The van der Waals surface area contributed by atoms with E-state index in [1.165, 1.54) is 16.3 Å². The third kappa shape index (κ3) is 3.17. The second-order valence-corrected chi connectivity index (χ2v) is 5.46. The maximum atomic E-state index is 4.44. The van der Waals surface area contributed by atoms with Gasteiger partial charge in [0.25, 0.3) is 0 Å². The van der Waals surface area contributed by atoms with Crippen molar-refractivity contribution in [3.05, 3.63) is 34.0 Å². The first-order valence-electron chi connectivity index (χ1n) is 6.32. The summed E-state index contributed by atoms with van der Waals surface area (Å²) in [6.45, 7) is 6.18. The van der Waals surface area contributed by atoms with Gasteiger partial charge < -0.3 is 5.32 Å². The Hall–Kier alpha value is -1.20. The van der Waals surface area contributed by atoms with Gasteiger partial charge in [-0.1, -0.05) is 13.8 Å². The lowest BCUT2D eigenvalue weighted by Gasteiger charge is -2.09. The van der Waals surface area contributed by atoms with Crippen LogP contribution in [0.5, 0.6) is 0 Å². The summed E-state index contributed by atoms with van der Waals surface area (Å²) < 4.78 is 1.89. The van der Waals surface area contributed by atoms with E-state index in [9.17, 15) is 0 Å². The molecule has 4 nitrogen and oxygen atoms in total. The van der Waals surface area contributed by atoms with Crippen LogP contribution in [0.15, 0.2) is 17.8 Å². The molecular formula is C13H20N4S. The summed E-state index contributed by atoms with van der Waals surface area (Å²) in [6.07, 6.45) is 4.95. The van der Waals surface area contributed by atoms with Gasteiger partial charge in [-0.2, -0.15) is 5.10 Å². The molecule has 2 aromatic heterocycles. The van der Waals surface area contributed by atoms with Crippen LogP contribution in [0, 0.1) is 0 Å². The van der Waals surface area contributed by atoms with Gasteiger partial charge in [-0.25, -0.2) is 4.98 Å². The van der Waals surface area contributed by atoms with Crippen LogP contribution in [0.25, 0.3) is 0 Å². The van der Waals surface area contributed by atoms with E-state index in [0.717, 1.165) is 19.5 Å². The fourth-order valence-electron chi connectivity index (χ4n) is 2.02. The highest BCUT2D eigenvalue weighted by molar-refractivity contribution is 7.09. The molecule has 18 heavy (non-hydrogen) atoms. The minimum absolute atomic E-state index is 0.465. The Balaban J connectivity index is 1.85. The Bertz CT molecular complexity index is 475. The smallest absolute Gasteiger partial charge is 0.0965 e. The zero-order valence-corrected chi connectivity index (χ0v) is 12.0. The van der Waals surface area contributed by atoms with Gasteiger partial charge in [0.2, 0.25) is 0 Å². The van der Waals surface area contributed by atoms with E-state index in [2.05, 4.69) is 35.4 Å². The predicted octanol–water partition coefficient (Wildman–Crippen LogP) is 2.33. The number of nitrogens with zero attached hydrogens (tertiary/aromatic N) is 3. The lowest BCUT2D eigenvalue weighted by Crippen LogP contribution is -2.20. The largest absolute Gasteiger partial charge is 0.312 e. The number of thiazole rings is 1.